The van der Waals surface area contributed by atoms with E-state index in [1.54, 1.807) is 0 Å². The maximum atomic E-state index is 4.66. The number of nitrogens with zero attached hydrogens (tertiary/aromatic N) is 1. The Labute approximate surface area is 149 Å². The van der Waals surface area contributed by atoms with E-state index in [2.05, 4.69) is 65.5 Å². The van der Waals surface area contributed by atoms with Crippen LogP contribution in [0, 0.1) is 0 Å². The molecule has 2 N–H and O–H groups in total. The Balaban J connectivity index is 0.00000220. The lowest BCUT2D eigenvalue weighted by Crippen LogP contribution is -2.43. The molecule has 1 heterocycles. The van der Waals surface area contributed by atoms with Gasteiger partial charge in [0.1, 0.15) is 0 Å². The van der Waals surface area contributed by atoms with Gasteiger partial charge in [0, 0.05) is 17.8 Å². The van der Waals surface area contributed by atoms with E-state index in [1.807, 2.05) is 6.07 Å². The van der Waals surface area contributed by atoms with Gasteiger partial charge in [0.2, 0.25) is 0 Å². The molecule has 0 aromatic heterocycles. The Morgan fingerprint density at radius 1 is 1.29 bits per heavy atom. The molecule has 0 radical (unpaired) electrons. The van der Waals surface area contributed by atoms with Crippen LogP contribution in [0.1, 0.15) is 32.3 Å². The Morgan fingerprint density at radius 2 is 2.05 bits per heavy atom. The molecule has 1 aromatic carbocycles. The predicted molar refractivity (Wildman–Crippen MR) is 105 cm³/mol. The van der Waals surface area contributed by atoms with Crippen LogP contribution in [0.3, 0.4) is 0 Å². The summed E-state index contributed by atoms with van der Waals surface area (Å²) in [5, 5.41) is 6.82. The number of aliphatic imine (C=N–C) groups is 1. The fourth-order valence-electron chi connectivity index (χ4n) is 2.34. The number of guanidine groups is 1. The third-order valence-corrected chi connectivity index (χ3v) is 5.08. The van der Waals surface area contributed by atoms with Gasteiger partial charge in [0.15, 0.2) is 5.96 Å². The van der Waals surface area contributed by atoms with E-state index in [0.717, 1.165) is 25.6 Å². The van der Waals surface area contributed by atoms with Crippen molar-refractivity contribution in [2.24, 2.45) is 4.99 Å². The first kappa shape index (κ1) is 18.6. The van der Waals surface area contributed by atoms with Crippen molar-refractivity contribution in [3.8, 4) is 0 Å². The van der Waals surface area contributed by atoms with Crippen molar-refractivity contribution in [2.45, 2.75) is 38.0 Å². The summed E-state index contributed by atoms with van der Waals surface area (Å²) in [6, 6.07) is 10.4. The molecular weight excluding hydrogens is 393 g/mol. The summed E-state index contributed by atoms with van der Waals surface area (Å²) in [5.74, 6) is 2.21. The van der Waals surface area contributed by atoms with Crippen molar-refractivity contribution in [2.75, 3.05) is 18.8 Å². The number of hydrogen-bond acceptors (Lipinski definition) is 2. The smallest absolute Gasteiger partial charge is 0.191 e. The van der Waals surface area contributed by atoms with Gasteiger partial charge in [-0.2, -0.15) is 11.8 Å². The van der Waals surface area contributed by atoms with E-state index < -0.39 is 0 Å². The van der Waals surface area contributed by atoms with Gasteiger partial charge < -0.3 is 10.6 Å². The fourth-order valence-corrected chi connectivity index (χ4v) is 3.59. The molecular formula is C16H26IN3S. The molecule has 1 atom stereocenters. The van der Waals surface area contributed by atoms with Crippen molar-refractivity contribution >= 4 is 41.7 Å². The number of rotatable bonds is 5. The molecule has 1 saturated heterocycles. The predicted octanol–water partition coefficient (Wildman–Crippen LogP) is 3.65. The zero-order valence-electron chi connectivity index (χ0n) is 12.9. The van der Waals surface area contributed by atoms with Gasteiger partial charge in [-0.3, -0.25) is 0 Å². The molecule has 21 heavy (non-hydrogen) atoms. The summed E-state index contributed by atoms with van der Waals surface area (Å²) in [6.07, 6.45) is 2.63. The fraction of sp³-hybridized carbons (Fsp3) is 0.562. The normalized spacial score (nSPS) is 21.7. The lowest BCUT2D eigenvalue weighted by Gasteiger charge is -2.24. The Kier molecular flexibility index (Phi) is 8.48. The highest BCUT2D eigenvalue weighted by molar-refractivity contribution is 14.0. The second-order valence-corrected chi connectivity index (χ2v) is 7.12. The van der Waals surface area contributed by atoms with E-state index in [0.29, 0.717) is 4.75 Å². The molecule has 0 aliphatic carbocycles. The van der Waals surface area contributed by atoms with Crippen LogP contribution in [-0.4, -0.2) is 29.5 Å². The minimum Gasteiger partial charge on any atom is -0.357 e. The summed E-state index contributed by atoms with van der Waals surface area (Å²) >= 11 is 2.07. The van der Waals surface area contributed by atoms with Crippen LogP contribution in [0.5, 0.6) is 0 Å². The zero-order chi connectivity index (χ0) is 14.3. The minimum absolute atomic E-state index is 0. The second kappa shape index (κ2) is 9.56. The monoisotopic (exact) mass is 419 g/mol. The number of hydrogen-bond donors (Lipinski definition) is 2. The summed E-state index contributed by atoms with van der Waals surface area (Å²) in [6.45, 7) is 7.05. The first-order valence-corrected chi connectivity index (χ1v) is 8.40. The van der Waals surface area contributed by atoms with Crippen LogP contribution in [0.25, 0.3) is 0 Å². The number of nitrogens with one attached hydrogen (secondary N) is 2. The first-order chi connectivity index (χ1) is 9.72. The SMILES string of the molecule is CCNC(=NCc1ccccc1)NCC1(C)CCCS1.I. The molecule has 0 bridgehead atoms. The molecule has 1 aliphatic rings. The molecule has 0 saturated carbocycles. The lowest BCUT2D eigenvalue weighted by molar-refractivity contribution is 0.584. The van der Waals surface area contributed by atoms with Crippen molar-refractivity contribution in [1.82, 2.24) is 10.6 Å². The highest BCUT2D eigenvalue weighted by Crippen LogP contribution is 2.36. The Bertz CT molecular complexity index is 430. The molecule has 3 nitrogen and oxygen atoms in total. The van der Waals surface area contributed by atoms with E-state index in [1.165, 1.54) is 24.2 Å². The zero-order valence-corrected chi connectivity index (χ0v) is 16.0. The summed E-state index contributed by atoms with van der Waals surface area (Å²) < 4.78 is 0.364. The second-order valence-electron chi connectivity index (χ2n) is 5.44. The summed E-state index contributed by atoms with van der Waals surface area (Å²) in [7, 11) is 0. The highest BCUT2D eigenvalue weighted by atomic mass is 127. The van der Waals surface area contributed by atoms with E-state index in [4.69, 9.17) is 0 Å². The molecule has 1 aromatic rings. The first-order valence-electron chi connectivity index (χ1n) is 7.42. The van der Waals surface area contributed by atoms with Crippen LogP contribution in [0.2, 0.25) is 0 Å². The van der Waals surface area contributed by atoms with Crippen molar-refractivity contribution in [1.29, 1.82) is 0 Å². The molecule has 1 fully saturated rings. The van der Waals surface area contributed by atoms with Crippen molar-refractivity contribution in [3.05, 3.63) is 35.9 Å². The summed E-state index contributed by atoms with van der Waals surface area (Å²) in [5.41, 5.74) is 1.24. The van der Waals surface area contributed by atoms with Gasteiger partial charge in [-0.25, -0.2) is 4.99 Å². The third-order valence-electron chi connectivity index (χ3n) is 3.54. The molecule has 118 valence electrons. The van der Waals surface area contributed by atoms with Gasteiger partial charge in [-0.1, -0.05) is 30.3 Å². The molecule has 0 spiro atoms. The van der Waals surface area contributed by atoms with Crippen LogP contribution in [-0.2, 0) is 6.54 Å². The highest BCUT2D eigenvalue weighted by Gasteiger charge is 2.29. The van der Waals surface area contributed by atoms with Gasteiger partial charge >= 0.3 is 0 Å². The van der Waals surface area contributed by atoms with E-state index in [-0.39, 0.29) is 24.0 Å². The van der Waals surface area contributed by atoms with Crippen molar-refractivity contribution < 1.29 is 0 Å². The van der Waals surface area contributed by atoms with Gasteiger partial charge in [0.25, 0.3) is 0 Å². The molecule has 1 unspecified atom stereocenters. The Hall–Kier alpha value is -0.430. The lowest BCUT2D eigenvalue weighted by atomic mass is 10.1. The minimum atomic E-state index is 0. The third kappa shape index (κ3) is 6.46. The molecule has 2 rings (SSSR count). The average Bonchev–Trinajstić information content (AvgIpc) is 2.90. The standard InChI is InChI=1S/C16H25N3S.HI/c1-3-17-15(18-12-14-8-5-4-6-9-14)19-13-16(2)10-7-11-20-16;/h4-6,8-9H,3,7,10-13H2,1-2H3,(H2,17,18,19);1H. The largest absolute Gasteiger partial charge is 0.357 e. The van der Waals surface area contributed by atoms with Gasteiger partial charge in [-0.15, -0.1) is 24.0 Å². The van der Waals surface area contributed by atoms with Crippen LogP contribution >= 0.6 is 35.7 Å². The Morgan fingerprint density at radius 3 is 2.67 bits per heavy atom. The van der Waals surface area contributed by atoms with E-state index in [9.17, 15) is 0 Å². The van der Waals surface area contributed by atoms with Gasteiger partial charge in [-0.05, 0) is 38.0 Å². The molecule has 1 aliphatic heterocycles. The topological polar surface area (TPSA) is 36.4 Å². The quantitative estimate of drug-likeness (QED) is 0.435. The number of halogens is 1. The van der Waals surface area contributed by atoms with Crippen LogP contribution < -0.4 is 10.6 Å². The van der Waals surface area contributed by atoms with Crippen molar-refractivity contribution in [3.63, 3.8) is 0 Å². The maximum Gasteiger partial charge on any atom is 0.191 e. The average molecular weight is 419 g/mol. The molecule has 5 heteroatoms. The van der Waals surface area contributed by atoms with Crippen LogP contribution in [0.4, 0.5) is 0 Å². The maximum absolute atomic E-state index is 4.66. The summed E-state index contributed by atoms with van der Waals surface area (Å²) in [4.78, 5) is 4.66. The number of benzene rings is 1. The van der Waals surface area contributed by atoms with Gasteiger partial charge in [0.05, 0.1) is 6.54 Å². The van der Waals surface area contributed by atoms with E-state index >= 15 is 0 Å². The molecule has 0 amide bonds. The number of thioether (sulfide) groups is 1. The van der Waals surface area contributed by atoms with Crippen LogP contribution in [0.15, 0.2) is 35.3 Å².